The smallest absolute Gasteiger partial charge is 0.407 e. The van der Waals surface area contributed by atoms with Gasteiger partial charge in [-0.2, -0.15) is 0 Å². The lowest BCUT2D eigenvalue weighted by Gasteiger charge is -2.31. The molecule has 1 aliphatic carbocycles. The van der Waals surface area contributed by atoms with Crippen molar-refractivity contribution in [3.05, 3.63) is 0 Å². The predicted molar refractivity (Wildman–Crippen MR) is 66.8 cm³/mol. The summed E-state index contributed by atoms with van der Waals surface area (Å²) in [7, 11) is 0. The first-order valence-corrected chi connectivity index (χ1v) is 6.45. The molecule has 1 fully saturated rings. The molecule has 1 atom stereocenters. The summed E-state index contributed by atoms with van der Waals surface area (Å²) in [5, 5.41) is 12.4. The molecule has 0 aliphatic heterocycles. The quantitative estimate of drug-likeness (QED) is 0.783. The van der Waals surface area contributed by atoms with Crippen molar-refractivity contribution in [2.45, 2.75) is 71.1 Å². The van der Waals surface area contributed by atoms with Crippen LogP contribution in [0, 0.1) is 5.92 Å². The third-order valence-corrected chi connectivity index (χ3v) is 3.17. The molecule has 17 heavy (non-hydrogen) atoms. The lowest BCUT2D eigenvalue weighted by molar-refractivity contribution is 0.0463. The number of ether oxygens (including phenoxy) is 1. The van der Waals surface area contributed by atoms with Crippen LogP contribution >= 0.6 is 0 Å². The highest BCUT2D eigenvalue weighted by molar-refractivity contribution is 5.68. The number of amides is 1. The molecule has 1 saturated carbocycles. The largest absolute Gasteiger partial charge is 0.444 e. The third kappa shape index (κ3) is 5.39. The first-order chi connectivity index (χ1) is 7.78. The highest BCUT2D eigenvalue weighted by atomic mass is 16.6. The van der Waals surface area contributed by atoms with Crippen molar-refractivity contribution in [2.75, 3.05) is 0 Å². The minimum Gasteiger partial charge on any atom is -0.444 e. The number of carbonyl (C=O) groups excluding carboxylic acids is 1. The van der Waals surface area contributed by atoms with Crippen molar-refractivity contribution in [1.29, 1.82) is 0 Å². The van der Waals surface area contributed by atoms with Crippen LogP contribution in [0.25, 0.3) is 0 Å². The van der Waals surface area contributed by atoms with Gasteiger partial charge >= 0.3 is 6.09 Å². The van der Waals surface area contributed by atoms with Gasteiger partial charge in [-0.1, -0.05) is 0 Å². The van der Waals surface area contributed by atoms with Crippen LogP contribution < -0.4 is 5.32 Å². The fourth-order valence-corrected chi connectivity index (χ4v) is 2.22. The molecule has 1 aliphatic rings. The number of rotatable bonds is 2. The number of hydrogen-bond acceptors (Lipinski definition) is 3. The second-order valence-electron chi connectivity index (χ2n) is 6.00. The SMILES string of the molecule is CC(O)C1CCC(NC(=O)OC(C)(C)C)CC1. The van der Waals surface area contributed by atoms with Gasteiger partial charge in [-0.05, 0) is 59.3 Å². The second kappa shape index (κ2) is 5.71. The van der Waals surface area contributed by atoms with E-state index in [2.05, 4.69) is 5.32 Å². The Balaban J connectivity index is 2.29. The van der Waals surface area contributed by atoms with Crippen LogP contribution in [0.2, 0.25) is 0 Å². The van der Waals surface area contributed by atoms with E-state index >= 15 is 0 Å². The normalized spacial score (nSPS) is 27.4. The first-order valence-electron chi connectivity index (χ1n) is 6.45. The summed E-state index contributed by atoms with van der Waals surface area (Å²) >= 11 is 0. The van der Waals surface area contributed by atoms with Crippen LogP contribution in [-0.2, 0) is 4.74 Å². The minimum atomic E-state index is -0.444. The van der Waals surface area contributed by atoms with Crippen LogP contribution in [0.1, 0.15) is 53.4 Å². The average Bonchev–Trinajstić information content (AvgIpc) is 2.15. The van der Waals surface area contributed by atoms with Crippen molar-refractivity contribution in [1.82, 2.24) is 5.32 Å². The van der Waals surface area contributed by atoms with Crippen molar-refractivity contribution in [2.24, 2.45) is 5.92 Å². The van der Waals surface area contributed by atoms with Gasteiger partial charge in [-0.3, -0.25) is 0 Å². The number of aliphatic hydroxyl groups excluding tert-OH is 1. The lowest BCUT2D eigenvalue weighted by atomic mass is 9.83. The second-order valence-corrected chi connectivity index (χ2v) is 6.00. The fraction of sp³-hybridized carbons (Fsp3) is 0.923. The zero-order valence-corrected chi connectivity index (χ0v) is 11.3. The zero-order valence-electron chi connectivity index (χ0n) is 11.3. The van der Waals surface area contributed by atoms with Gasteiger partial charge in [0, 0.05) is 6.04 Å². The maximum Gasteiger partial charge on any atom is 0.407 e. The molecule has 100 valence electrons. The number of nitrogens with one attached hydrogen (secondary N) is 1. The molecule has 1 rings (SSSR count). The Hall–Kier alpha value is -0.770. The van der Waals surface area contributed by atoms with Crippen LogP contribution in [0.4, 0.5) is 4.79 Å². The van der Waals surface area contributed by atoms with Gasteiger partial charge in [0.15, 0.2) is 0 Å². The van der Waals surface area contributed by atoms with E-state index < -0.39 is 5.60 Å². The number of alkyl carbamates (subject to hydrolysis) is 1. The molecule has 1 amide bonds. The van der Waals surface area contributed by atoms with Gasteiger partial charge in [-0.15, -0.1) is 0 Å². The predicted octanol–water partition coefficient (Wildman–Crippen LogP) is 2.45. The number of carbonyl (C=O) groups is 1. The Kier molecular flexibility index (Phi) is 4.80. The van der Waals surface area contributed by atoms with Gasteiger partial charge < -0.3 is 15.2 Å². The molecule has 0 aromatic rings. The van der Waals surface area contributed by atoms with E-state index in [0.717, 1.165) is 25.7 Å². The maximum atomic E-state index is 11.6. The van der Waals surface area contributed by atoms with Crippen LogP contribution in [0.3, 0.4) is 0 Å². The molecule has 0 aromatic heterocycles. The molecule has 0 radical (unpaired) electrons. The molecule has 0 aromatic carbocycles. The molecule has 2 N–H and O–H groups in total. The molecule has 4 heteroatoms. The summed E-state index contributed by atoms with van der Waals surface area (Å²) in [5.74, 6) is 0.381. The van der Waals surface area contributed by atoms with Gasteiger partial charge in [-0.25, -0.2) is 4.79 Å². The Bertz CT molecular complexity index is 250. The molecule has 1 unspecified atom stereocenters. The van der Waals surface area contributed by atoms with E-state index in [1.54, 1.807) is 0 Å². The topological polar surface area (TPSA) is 58.6 Å². The van der Waals surface area contributed by atoms with Gasteiger partial charge in [0.2, 0.25) is 0 Å². The average molecular weight is 243 g/mol. The highest BCUT2D eigenvalue weighted by Crippen LogP contribution is 2.26. The van der Waals surface area contributed by atoms with Crippen molar-refractivity contribution in [3.8, 4) is 0 Å². The van der Waals surface area contributed by atoms with Crippen LogP contribution in [0.15, 0.2) is 0 Å². The summed E-state index contributed by atoms with van der Waals surface area (Å²) in [4.78, 5) is 11.6. The van der Waals surface area contributed by atoms with Crippen molar-refractivity contribution < 1.29 is 14.6 Å². The van der Waals surface area contributed by atoms with Crippen molar-refractivity contribution in [3.63, 3.8) is 0 Å². The molecule has 0 heterocycles. The van der Waals surface area contributed by atoms with Crippen LogP contribution in [0.5, 0.6) is 0 Å². The third-order valence-electron chi connectivity index (χ3n) is 3.17. The van der Waals surface area contributed by atoms with Gasteiger partial charge in [0.1, 0.15) is 5.60 Å². The monoisotopic (exact) mass is 243 g/mol. The maximum absolute atomic E-state index is 11.6. The summed E-state index contributed by atoms with van der Waals surface area (Å²) < 4.78 is 5.22. The summed E-state index contributed by atoms with van der Waals surface area (Å²) in [6, 6.07) is 0.194. The van der Waals surface area contributed by atoms with E-state index in [9.17, 15) is 9.90 Å². The van der Waals surface area contributed by atoms with Gasteiger partial charge in [0.05, 0.1) is 6.10 Å². The molecular weight excluding hydrogens is 218 g/mol. The molecule has 0 saturated heterocycles. The molecule has 0 spiro atoms. The van der Waals surface area contributed by atoms with Crippen molar-refractivity contribution >= 4 is 6.09 Å². The summed E-state index contributed by atoms with van der Waals surface area (Å²) in [6.45, 7) is 7.41. The van der Waals surface area contributed by atoms with E-state index in [4.69, 9.17) is 4.74 Å². The zero-order chi connectivity index (χ0) is 13.1. The Labute approximate surface area is 104 Å². The number of hydrogen-bond donors (Lipinski definition) is 2. The minimum absolute atomic E-state index is 0.194. The Morgan fingerprint density at radius 1 is 1.29 bits per heavy atom. The lowest BCUT2D eigenvalue weighted by Crippen LogP contribution is -2.41. The first kappa shape index (κ1) is 14.3. The molecule has 4 nitrogen and oxygen atoms in total. The highest BCUT2D eigenvalue weighted by Gasteiger charge is 2.26. The Morgan fingerprint density at radius 3 is 2.24 bits per heavy atom. The van der Waals surface area contributed by atoms with E-state index in [1.165, 1.54) is 0 Å². The van der Waals surface area contributed by atoms with E-state index in [0.29, 0.717) is 5.92 Å². The summed E-state index contributed by atoms with van der Waals surface area (Å²) in [5.41, 5.74) is -0.444. The number of aliphatic hydroxyl groups is 1. The molecular formula is C13H25NO3. The summed E-state index contributed by atoms with van der Waals surface area (Å²) in [6.07, 6.45) is 3.22. The van der Waals surface area contributed by atoms with E-state index in [1.807, 2.05) is 27.7 Å². The molecule has 0 bridgehead atoms. The van der Waals surface area contributed by atoms with Gasteiger partial charge in [0.25, 0.3) is 0 Å². The standard InChI is InChI=1S/C13H25NO3/c1-9(15)10-5-7-11(8-6-10)14-12(16)17-13(2,3)4/h9-11,15H,5-8H2,1-4H3,(H,14,16). The van der Waals surface area contributed by atoms with E-state index in [-0.39, 0.29) is 18.2 Å². The fourth-order valence-electron chi connectivity index (χ4n) is 2.22. The van der Waals surface area contributed by atoms with Crippen LogP contribution in [-0.4, -0.2) is 28.9 Å². The Morgan fingerprint density at radius 2 is 1.82 bits per heavy atom.